The lowest BCUT2D eigenvalue weighted by atomic mass is 9.96. The predicted octanol–water partition coefficient (Wildman–Crippen LogP) is 3.31. The number of hydrogen-bond acceptors (Lipinski definition) is 3. The molecule has 0 saturated carbocycles. The first kappa shape index (κ1) is 17.1. The Morgan fingerprint density at radius 1 is 1.36 bits per heavy atom. The molecular formula is C18H30N2O2. The Balaban J connectivity index is 1.94. The van der Waals surface area contributed by atoms with Crippen LogP contribution in [0, 0.1) is 12.3 Å². The van der Waals surface area contributed by atoms with E-state index in [1.165, 1.54) is 0 Å². The number of nitrogens with zero attached hydrogens (tertiary/aromatic N) is 1. The van der Waals surface area contributed by atoms with Crippen LogP contribution in [0.2, 0.25) is 0 Å². The summed E-state index contributed by atoms with van der Waals surface area (Å²) in [7, 11) is 0. The van der Waals surface area contributed by atoms with E-state index in [2.05, 4.69) is 18.2 Å². The van der Waals surface area contributed by atoms with Crippen LogP contribution in [0.25, 0.3) is 0 Å². The van der Waals surface area contributed by atoms with Crippen molar-refractivity contribution in [3.05, 3.63) is 0 Å². The van der Waals surface area contributed by atoms with E-state index in [1.807, 2.05) is 25.7 Å². The number of carbonyl (C=O) groups is 1. The lowest BCUT2D eigenvalue weighted by Crippen LogP contribution is -2.54. The van der Waals surface area contributed by atoms with Crippen LogP contribution in [-0.4, -0.2) is 40.8 Å². The first-order chi connectivity index (χ1) is 10.3. The molecule has 3 atom stereocenters. The summed E-state index contributed by atoms with van der Waals surface area (Å²) in [5.41, 5.74) is -0.425. The van der Waals surface area contributed by atoms with Gasteiger partial charge in [0.1, 0.15) is 5.60 Å². The second-order valence-corrected chi connectivity index (χ2v) is 7.62. The summed E-state index contributed by atoms with van der Waals surface area (Å²) >= 11 is 0. The lowest BCUT2D eigenvalue weighted by Gasteiger charge is -2.40. The molecule has 2 aliphatic heterocycles. The lowest BCUT2D eigenvalue weighted by molar-refractivity contribution is 0.00428. The highest BCUT2D eigenvalue weighted by atomic mass is 16.6. The van der Waals surface area contributed by atoms with Crippen LogP contribution in [0.5, 0.6) is 0 Å². The number of hydrogen-bond donors (Lipinski definition) is 1. The van der Waals surface area contributed by atoms with Gasteiger partial charge >= 0.3 is 6.09 Å². The van der Waals surface area contributed by atoms with Crippen molar-refractivity contribution in [2.24, 2.45) is 0 Å². The molecule has 1 amide bonds. The summed E-state index contributed by atoms with van der Waals surface area (Å²) in [5, 5.41) is 3.69. The van der Waals surface area contributed by atoms with Crippen LogP contribution >= 0.6 is 0 Å². The van der Waals surface area contributed by atoms with E-state index in [1.54, 1.807) is 0 Å². The molecule has 3 unspecified atom stereocenters. The van der Waals surface area contributed by atoms with E-state index in [0.29, 0.717) is 24.2 Å². The summed E-state index contributed by atoms with van der Waals surface area (Å²) in [6, 6.07) is 1.49. The highest BCUT2D eigenvalue weighted by Crippen LogP contribution is 2.37. The number of ether oxygens (including phenoxy) is 1. The van der Waals surface area contributed by atoms with Crippen LogP contribution in [0.1, 0.15) is 66.2 Å². The molecule has 4 heteroatoms. The Labute approximate surface area is 135 Å². The number of carbonyl (C=O) groups excluding carboxylic acids is 1. The van der Waals surface area contributed by atoms with Gasteiger partial charge in [-0.05, 0) is 52.9 Å². The molecular weight excluding hydrogens is 276 g/mol. The zero-order valence-electron chi connectivity index (χ0n) is 14.4. The monoisotopic (exact) mass is 306 g/mol. The SMILES string of the molecule is C#CCC(CC)NC1CC2CCC(C1)N2C(=O)OC(C)(C)C. The Hall–Kier alpha value is -1.21. The Morgan fingerprint density at radius 3 is 2.41 bits per heavy atom. The summed E-state index contributed by atoms with van der Waals surface area (Å²) < 4.78 is 5.57. The van der Waals surface area contributed by atoms with Crippen LogP contribution in [-0.2, 0) is 4.74 Å². The van der Waals surface area contributed by atoms with Gasteiger partial charge in [-0.1, -0.05) is 6.92 Å². The van der Waals surface area contributed by atoms with E-state index >= 15 is 0 Å². The molecule has 0 radical (unpaired) electrons. The van der Waals surface area contributed by atoms with Gasteiger partial charge in [-0.25, -0.2) is 4.79 Å². The van der Waals surface area contributed by atoms with Gasteiger partial charge in [0.2, 0.25) is 0 Å². The van der Waals surface area contributed by atoms with Gasteiger partial charge in [0.25, 0.3) is 0 Å². The van der Waals surface area contributed by atoms with Gasteiger partial charge in [0.05, 0.1) is 0 Å². The van der Waals surface area contributed by atoms with Crippen molar-refractivity contribution >= 4 is 6.09 Å². The molecule has 0 aromatic carbocycles. The Kier molecular flexibility index (Phi) is 5.39. The molecule has 2 fully saturated rings. The van der Waals surface area contributed by atoms with E-state index in [4.69, 9.17) is 11.2 Å². The molecule has 2 bridgehead atoms. The standard InChI is InChI=1S/C18H30N2O2/c1-6-8-13(7-2)19-14-11-15-9-10-16(12-14)20(15)17(21)22-18(3,4)5/h1,13-16,19H,7-12H2,2-5H3. The molecule has 0 aromatic heterocycles. The highest BCUT2D eigenvalue weighted by Gasteiger charge is 2.44. The number of rotatable bonds is 4. The van der Waals surface area contributed by atoms with Crippen molar-refractivity contribution in [3.8, 4) is 12.3 Å². The Morgan fingerprint density at radius 2 is 1.95 bits per heavy atom. The number of fused-ring (bicyclic) bond motifs is 2. The maximum Gasteiger partial charge on any atom is 0.410 e. The number of terminal acetylenes is 1. The van der Waals surface area contributed by atoms with Crippen LogP contribution < -0.4 is 5.32 Å². The molecule has 4 nitrogen and oxygen atoms in total. The smallest absolute Gasteiger partial charge is 0.410 e. The fourth-order valence-electron chi connectivity index (χ4n) is 3.72. The number of nitrogens with one attached hydrogen (secondary N) is 1. The fourth-order valence-corrected chi connectivity index (χ4v) is 3.72. The molecule has 0 aromatic rings. The van der Waals surface area contributed by atoms with Crippen LogP contribution in [0.3, 0.4) is 0 Å². The van der Waals surface area contributed by atoms with Crippen molar-refractivity contribution in [2.45, 2.75) is 96.0 Å². The van der Waals surface area contributed by atoms with E-state index in [0.717, 1.165) is 38.5 Å². The Bertz CT molecular complexity index is 421. The number of amides is 1. The summed E-state index contributed by atoms with van der Waals surface area (Å²) in [4.78, 5) is 14.4. The van der Waals surface area contributed by atoms with Crippen molar-refractivity contribution in [1.29, 1.82) is 0 Å². The molecule has 0 spiro atoms. The van der Waals surface area contributed by atoms with Gasteiger partial charge in [0.15, 0.2) is 0 Å². The molecule has 1 N–H and O–H groups in total. The third kappa shape index (κ3) is 4.16. The summed E-state index contributed by atoms with van der Waals surface area (Å²) in [6.45, 7) is 7.94. The minimum Gasteiger partial charge on any atom is -0.444 e. The minimum absolute atomic E-state index is 0.144. The van der Waals surface area contributed by atoms with E-state index in [-0.39, 0.29) is 6.09 Å². The third-order valence-corrected chi connectivity index (χ3v) is 4.67. The second kappa shape index (κ2) is 6.91. The van der Waals surface area contributed by atoms with Crippen LogP contribution in [0.4, 0.5) is 4.79 Å². The number of piperidine rings is 1. The maximum absolute atomic E-state index is 12.4. The zero-order valence-corrected chi connectivity index (χ0v) is 14.4. The molecule has 124 valence electrons. The molecule has 0 aliphatic carbocycles. The van der Waals surface area contributed by atoms with Crippen molar-refractivity contribution in [3.63, 3.8) is 0 Å². The largest absolute Gasteiger partial charge is 0.444 e. The van der Waals surface area contributed by atoms with Gasteiger partial charge in [-0.15, -0.1) is 12.3 Å². The average Bonchev–Trinajstić information content (AvgIpc) is 2.68. The molecule has 22 heavy (non-hydrogen) atoms. The topological polar surface area (TPSA) is 41.6 Å². The fraction of sp³-hybridized carbons (Fsp3) is 0.833. The maximum atomic E-state index is 12.4. The van der Waals surface area contributed by atoms with Crippen molar-refractivity contribution < 1.29 is 9.53 Å². The molecule has 2 saturated heterocycles. The zero-order chi connectivity index (χ0) is 16.3. The van der Waals surface area contributed by atoms with Gasteiger partial charge in [-0.3, -0.25) is 0 Å². The van der Waals surface area contributed by atoms with Gasteiger partial charge < -0.3 is 15.0 Å². The van der Waals surface area contributed by atoms with Crippen molar-refractivity contribution in [2.75, 3.05) is 0 Å². The highest BCUT2D eigenvalue weighted by molar-refractivity contribution is 5.69. The average molecular weight is 306 g/mol. The van der Waals surface area contributed by atoms with Crippen molar-refractivity contribution in [1.82, 2.24) is 10.2 Å². The first-order valence-corrected chi connectivity index (χ1v) is 8.55. The summed E-state index contributed by atoms with van der Waals surface area (Å²) in [5.74, 6) is 2.75. The predicted molar refractivity (Wildman–Crippen MR) is 88.6 cm³/mol. The van der Waals surface area contributed by atoms with Crippen LogP contribution in [0.15, 0.2) is 0 Å². The molecule has 2 aliphatic rings. The molecule has 2 rings (SSSR count). The van der Waals surface area contributed by atoms with Gasteiger partial charge in [-0.2, -0.15) is 0 Å². The van der Waals surface area contributed by atoms with E-state index < -0.39 is 5.60 Å². The third-order valence-electron chi connectivity index (χ3n) is 4.67. The normalized spacial score (nSPS) is 29.0. The summed E-state index contributed by atoms with van der Waals surface area (Å²) in [6.07, 6.45) is 11.3. The first-order valence-electron chi connectivity index (χ1n) is 8.55. The molecule has 2 heterocycles. The van der Waals surface area contributed by atoms with Gasteiger partial charge in [0, 0.05) is 30.6 Å². The quantitative estimate of drug-likeness (QED) is 0.810. The second-order valence-electron chi connectivity index (χ2n) is 7.62. The van der Waals surface area contributed by atoms with E-state index in [9.17, 15) is 4.79 Å². The minimum atomic E-state index is -0.425.